The summed E-state index contributed by atoms with van der Waals surface area (Å²) < 4.78 is 10.2. The van der Waals surface area contributed by atoms with E-state index in [1.807, 2.05) is 6.26 Å². The van der Waals surface area contributed by atoms with E-state index in [0.29, 0.717) is 15.8 Å². The number of carbonyl (C=O) groups excluding carboxylic acids is 2. The van der Waals surface area contributed by atoms with Crippen molar-refractivity contribution in [1.29, 1.82) is 0 Å². The first-order chi connectivity index (χ1) is 12.0. The molecule has 0 heterocycles. The number of rotatable bonds is 6. The molecule has 1 amide bonds. The Morgan fingerprint density at radius 3 is 2.44 bits per heavy atom. The normalized spacial score (nSPS) is 10.2. The molecule has 0 saturated carbocycles. The van der Waals surface area contributed by atoms with E-state index in [1.165, 1.54) is 18.9 Å². The van der Waals surface area contributed by atoms with E-state index in [0.717, 1.165) is 4.90 Å². The average Bonchev–Trinajstić information content (AvgIpc) is 2.62. The number of methoxy groups -OCH3 is 1. The Kier molecular flexibility index (Phi) is 6.99. The molecule has 25 heavy (non-hydrogen) atoms. The van der Waals surface area contributed by atoms with Gasteiger partial charge in [0.25, 0.3) is 5.91 Å². The molecule has 0 aliphatic heterocycles. The molecule has 2 aromatic carbocycles. The van der Waals surface area contributed by atoms with Gasteiger partial charge in [0.1, 0.15) is 11.3 Å². The molecule has 2 aromatic rings. The summed E-state index contributed by atoms with van der Waals surface area (Å²) in [5.41, 5.74) is 0.512. The van der Waals surface area contributed by atoms with Crippen molar-refractivity contribution in [2.45, 2.75) is 4.90 Å². The van der Waals surface area contributed by atoms with Gasteiger partial charge in [0.05, 0.1) is 22.8 Å². The number of benzene rings is 2. The Morgan fingerprint density at radius 1 is 1.16 bits per heavy atom. The molecule has 132 valence electrons. The van der Waals surface area contributed by atoms with Gasteiger partial charge in [0, 0.05) is 4.90 Å². The summed E-state index contributed by atoms with van der Waals surface area (Å²) in [5, 5.41) is 3.10. The van der Waals surface area contributed by atoms with Crippen LogP contribution in [0.15, 0.2) is 41.3 Å². The first kappa shape index (κ1) is 19.4. The number of ether oxygens (including phenoxy) is 2. The zero-order chi connectivity index (χ0) is 18.4. The van der Waals surface area contributed by atoms with E-state index in [-0.39, 0.29) is 11.3 Å². The van der Waals surface area contributed by atoms with Gasteiger partial charge in [0.2, 0.25) is 0 Å². The predicted molar refractivity (Wildman–Crippen MR) is 100 cm³/mol. The molecule has 0 saturated heterocycles. The highest BCUT2D eigenvalue weighted by atomic mass is 35.5. The van der Waals surface area contributed by atoms with Crippen LogP contribution in [0.4, 0.5) is 5.69 Å². The van der Waals surface area contributed by atoms with Gasteiger partial charge in [-0.15, -0.1) is 11.8 Å². The maximum atomic E-state index is 12.2. The number of esters is 1. The van der Waals surface area contributed by atoms with Gasteiger partial charge in [-0.1, -0.05) is 29.3 Å². The minimum Gasteiger partial charge on any atom is -0.496 e. The number of hydrogen-bond donors (Lipinski definition) is 1. The molecule has 0 unspecified atom stereocenters. The number of carbonyl (C=O) groups is 2. The van der Waals surface area contributed by atoms with Gasteiger partial charge < -0.3 is 14.8 Å². The van der Waals surface area contributed by atoms with E-state index in [4.69, 9.17) is 32.7 Å². The van der Waals surface area contributed by atoms with Crippen molar-refractivity contribution in [3.63, 3.8) is 0 Å². The summed E-state index contributed by atoms with van der Waals surface area (Å²) in [5.74, 6) is -0.834. The maximum Gasteiger partial charge on any atom is 0.342 e. The summed E-state index contributed by atoms with van der Waals surface area (Å²) in [7, 11) is 1.46. The number of thioether (sulfide) groups is 1. The van der Waals surface area contributed by atoms with Crippen LogP contribution in [0.5, 0.6) is 5.75 Å². The molecule has 0 aliphatic carbocycles. The van der Waals surface area contributed by atoms with Gasteiger partial charge in [0.15, 0.2) is 6.61 Å². The Hall–Kier alpha value is -1.89. The van der Waals surface area contributed by atoms with Crippen molar-refractivity contribution in [2.75, 3.05) is 25.3 Å². The lowest BCUT2D eigenvalue weighted by atomic mass is 10.2. The fourth-order valence-corrected chi connectivity index (χ4v) is 2.89. The highest BCUT2D eigenvalue weighted by molar-refractivity contribution is 7.98. The number of para-hydroxylation sites is 1. The maximum absolute atomic E-state index is 12.2. The summed E-state index contributed by atoms with van der Waals surface area (Å²) in [6, 6.07) is 9.93. The van der Waals surface area contributed by atoms with Gasteiger partial charge in [-0.05, 0) is 36.6 Å². The third-order valence-corrected chi connectivity index (χ3v) is 4.55. The molecule has 0 bridgehead atoms. The number of amides is 1. The van der Waals surface area contributed by atoms with E-state index in [9.17, 15) is 9.59 Å². The second-order valence-electron chi connectivity index (χ2n) is 4.79. The predicted octanol–water partition coefficient (Wildman–Crippen LogP) is 4.52. The molecule has 0 fully saturated rings. The summed E-state index contributed by atoms with van der Waals surface area (Å²) >= 11 is 13.5. The van der Waals surface area contributed by atoms with Crippen LogP contribution in [-0.4, -0.2) is 31.8 Å². The minimum absolute atomic E-state index is 0.240. The second-order valence-corrected chi connectivity index (χ2v) is 6.48. The average molecular weight is 400 g/mol. The van der Waals surface area contributed by atoms with Crippen LogP contribution in [0, 0.1) is 0 Å². The molecule has 0 aliphatic rings. The van der Waals surface area contributed by atoms with E-state index < -0.39 is 18.5 Å². The van der Waals surface area contributed by atoms with Crippen molar-refractivity contribution in [3.05, 3.63) is 52.0 Å². The molecular weight excluding hydrogens is 385 g/mol. The standard InChI is InChI=1S/C17H15Cl2NO4S/c1-23-14-8-10(25-2)6-7-11(14)17(22)24-9-15(21)20-16-12(18)4-3-5-13(16)19/h3-8H,9H2,1-2H3,(H,20,21). The Morgan fingerprint density at radius 2 is 1.84 bits per heavy atom. The van der Waals surface area contributed by atoms with Crippen LogP contribution >= 0.6 is 35.0 Å². The smallest absolute Gasteiger partial charge is 0.342 e. The zero-order valence-corrected chi connectivity index (χ0v) is 15.8. The molecule has 1 N–H and O–H groups in total. The van der Waals surface area contributed by atoms with Crippen molar-refractivity contribution < 1.29 is 19.1 Å². The highest BCUT2D eigenvalue weighted by Crippen LogP contribution is 2.30. The lowest BCUT2D eigenvalue weighted by Crippen LogP contribution is -2.21. The van der Waals surface area contributed by atoms with Crippen molar-refractivity contribution in [1.82, 2.24) is 0 Å². The minimum atomic E-state index is -0.662. The first-order valence-corrected chi connectivity index (χ1v) is 9.07. The molecule has 0 spiro atoms. The van der Waals surface area contributed by atoms with Crippen molar-refractivity contribution in [2.24, 2.45) is 0 Å². The molecule has 0 aromatic heterocycles. The van der Waals surface area contributed by atoms with Crippen molar-refractivity contribution >= 4 is 52.5 Å². The molecule has 5 nitrogen and oxygen atoms in total. The molecule has 8 heteroatoms. The Bertz CT molecular complexity index is 778. The fraction of sp³-hybridized carbons (Fsp3) is 0.176. The number of hydrogen-bond acceptors (Lipinski definition) is 5. The van der Waals surface area contributed by atoms with Crippen LogP contribution in [-0.2, 0) is 9.53 Å². The molecular formula is C17H15Cl2NO4S. The third kappa shape index (κ3) is 5.04. The number of halogens is 2. The van der Waals surface area contributed by atoms with Crippen LogP contribution in [0.3, 0.4) is 0 Å². The second kappa shape index (κ2) is 8.99. The Balaban J connectivity index is 2.01. The van der Waals surface area contributed by atoms with E-state index >= 15 is 0 Å². The van der Waals surface area contributed by atoms with E-state index in [2.05, 4.69) is 5.32 Å². The monoisotopic (exact) mass is 399 g/mol. The van der Waals surface area contributed by atoms with E-state index in [1.54, 1.807) is 36.4 Å². The SMILES string of the molecule is COc1cc(SC)ccc1C(=O)OCC(=O)Nc1c(Cl)cccc1Cl. The molecule has 0 atom stereocenters. The van der Waals surface area contributed by atoms with Gasteiger partial charge in [-0.25, -0.2) is 4.79 Å². The van der Waals surface area contributed by atoms with Gasteiger partial charge >= 0.3 is 5.97 Å². The van der Waals surface area contributed by atoms with Gasteiger partial charge in [-0.3, -0.25) is 4.79 Å². The summed E-state index contributed by atoms with van der Waals surface area (Å²) in [6.07, 6.45) is 1.91. The fourth-order valence-electron chi connectivity index (χ4n) is 1.97. The quantitative estimate of drug-likeness (QED) is 0.571. The number of nitrogens with one attached hydrogen (secondary N) is 1. The molecule has 2 rings (SSSR count). The lowest BCUT2D eigenvalue weighted by Gasteiger charge is -2.11. The van der Waals surface area contributed by atoms with Crippen LogP contribution in [0.2, 0.25) is 10.0 Å². The van der Waals surface area contributed by atoms with Gasteiger partial charge in [-0.2, -0.15) is 0 Å². The third-order valence-electron chi connectivity index (χ3n) is 3.19. The largest absolute Gasteiger partial charge is 0.496 e. The highest BCUT2D eigenvalue weighted by Gasteiger charge is 2.17. The van der Waals surface area contributed by atoms with Crippen LogP contribution in [0.25, 0.3) is 0 Å². The topological polar surface area (TPSA) is 64.6 Å². The van der Waals surface area contributed by atoms with Crippen LogP contribution < -0.4 is 10.1 Å². The first-order valence-electron chi connectivity index (χ1n) is 7.09. The Labute approximate surface area is 159 Å². The zero-order valence-electron chi connectivity index (χ0n) is 13.5. The van der Waals surface area contributed by atoms with Crippen LogP contribution in [0.1, 0.15) is 10.4 Å². The van der Waals surface area contributed by atoms with Crippen molar-refractivity contribution in [3.8, 4) is 5.75 Å². The molecule has 0 radical (unpaired) electrons. The summed E-state index contributed by atoms with van der Waals surface area (Å²) in [4.78, 5) is 25.1. The lowest BCUT2D eigenvalue weighted by molar-refractivity contribution is -0.119. The summed E-state index contributed by atoms with van der Waals surface area (Å²) in [6.45, 7) is -0.478. The number of anilines is 1.